The second-order valence-electron chi connectivity index (χ2n) is 7.79. The number of carbonyl (C=O) groups is 3. The van der Waals surface area contributed by atoms with Crippen LogP contribution in [-0.2, 0) is 14.3 Å². The summed E-state index contributed by atoms with van der Waals surface area (Å²) in [6.07, 6.45) is -1.65. The maximum Gasteiger partial charge on any atom is 0.407 e. The summed E-state index contributed by atoms with van der Waals surface area (Å²) in [4.78, 5) is 36.4. The van der Waals surface area contributed by atoms with Gasteiger partial charge in [0.05, 0.1) is 12.5 Å². The number of ether oxygens (including phenoxy) is 1. The van der Waals surface area contributed by atoms with Crippen molar-refractivity contribution in [1.82, 2.24) is 10.2 Å². The lowest BCUT2D eigenvalue weighted by Gasteiger charge is -2.38. The molecule has 0 radical (unpaired) electrons. The van der Waals surface area contributed by atoms with E-state index in [4.69, 9.17) is 9.84 Å². The molecule has 0 saturated carbocycles. The Balaban J connectivity index is 1.26. The van der Waals surface area contributed by atoms with E-state index >= 15 is 0 Å². The van der Waals surface area contributed by atoms with Crippen LogP contribution in [0.3, 0.4) is 0 Å². The summed E-state index contributed by atoms with van der Waals surface area (Å²) in [6.45, 7) is 0.360. The van der Waals surface area contributed by atoms with Crippen LogP contribution in [0.2, 0.25) is 0 Å². The molecule has 1 aliphatic carbocycles. The summed E-state index contributed by atoms with van der Waals surface area (Å²) >= 11 is 0. The summed E-state index contributed by atoms with van der Waals surface area (Å²) in [5, 5.41) is 21.5. The minimum absolute atomic E-state index is 0.0657. The maximum atomic E-state index is 12.1. The number of aliphatic hydroxyl groups is 1. The van der Waals surface area contributed by atoms with Crippen molar-refractivity contribution in [3.63, 3.8) is 0 Å². The molecule has 8 heteroatoms. The predicted molar refractivity (Wildman–Crippen MR) is 111 cm³/mol. The van der Waals surface area contributed by atoms with Gasteiger partial charge in [0.25, 0.3) is 0 Å². The first-order chi connectivity index (χ1) is 15.0. The summed E-state index contributed by atoms with van der Waals surface area (Å²) < 4.78 is 5.39. The number of amides is 2. The number of fused-ring (bicyclic) bond motifs is 3. The molecule has 2 atom stereocenters. The average molecular weight is 424 g/mol. The van der Waals surface area contributed by atoms with E-state index in [1.54, 1.807) is 0 Å². The lowest BCUT2D eigenvalue weighted by Crippen LogP contribution is -2.55. The van der Waals surface area contributed by atoms with Gasteiger partial charge in [-0.1, -0.05) is 48.5 Å². The SMILES string of the molecule is O=C(NCC(O)CC(=O)N1CCC1C(=O)O)OCC1c2ccccc2-c2ccccc21. The molecule has 1 aliphatic heterocycles. The molecule has 0 aromatic heterocycles. The number of carboxylic acid groups (broad SMARTS) is 1. The quantitative estimate of drug-likeness (QED) is 0.626. The molecule has 31 heavy (non-hydrogen) atoms. The molecule has 2 amide bonds. The summed E-state index contributed by atoms with van der Waals surface area (Å²) in [6, 6.07) is 15.2. The monoisotopic (exact) mass is 424 g/mol. The number of aliphatic carboxylic acids is 1. The van der Waals surface area contributed by atoms with Crippen molar-refractivity contribution >= 4 is 18.0 Å². The molecule has 3 N–H and O–H groups in total. The van der Waals surface area contributed by atoms with Gasteiger partial charge in [0.2, 0.25) is 5.91 Å². The number of carboxylic acids is 1. The Morgan fingerprint density at radius 1 is 1.06 bits per heavy atom. The highest BCUT2D eigenvalue weighted by atomic mass is 16.5. The number of alkyl carbamates (subject to hydrolysis) is 1. The van der Waals surface area contributed by atoms with E-state index in [1.807, 2.05) is 36.4 Å². The summed E-state index contributed by atoms with van der Waals surface area (Å²) in [5.74, 6) is -1.56. The third-order valence-corrected chi connectivity index (χ3v) is 5.86. The van der Waals surface area contributed by atoms with Gasteiger partial charge in [0, 0.05) is 19.0 Å². The van der Waals surface area contributed by atoms with E-state index in [0.717, 1.165) is 22.3 Å². The maximum absolute atomic E-state index is 12.1. The number of nitrogens with one attached hydrogen (secondary N) is 1. The molecule has 2 unspecified atom stereocenters. The van der Waals surface area contributed by atoms with Gasteiger partial charge in [0.15, 0.2) is 0 Å². The van der Waals surface area contributed by atoms with Gasteiger partial charge in [-0.05, 0) is 28.7 Å². The van der Waals surface area contributed by atoms with Crippen LogP contribution < -0.4 is 5.32 Å². The zero-order valence-corrected chi connectivity index (χ0v) is 16.9. The highest BCUT2D eigenvalue weighted by Gasteiger charge is 2.37. The van der Waals surface area contributed by atoms with Crippen molar-refractivity contribution in [3.05, 3.63) is 59.7 Å². The number of hydrogen-bond acceptors (Lipinski definition) is 5. The summed E-state index contributed by atoms with van der Waals surface area (Å²) in [7, 11) is 0. The van der Waals surface area contributed by atoms with Crippen LogP contribution in [0.5, 0.6) is 0 Å². The van der Waals surface area contributed by atoms with E-state index in [-0.39, 0.29) is 25.5 Å². The lowest BCUT2D eigenvalue weighted by atomic mass is 9.98. The Morgan fingerprint density at radius 2 is 1.68 bits per heavy atom. The number of nitrogens with zero attached hydrogens (tertiary/aromatic N) is 1. The Kier molecular flexibility index (Phi) is 5.90. The third kappa shape index (κ3) is 4.25. The number of likely N-dealkylation sites (tertiary alicyclic amines) is 1. The molecule has 4 rings (SSSR count). The van der Waals surface area contributed by atoms with Crippen LogP contribution in [0.1, 0.15) is 29.9 Å². The second-order valence-corrected chi connectivity index (χ2v) is 7.79. The van der Waals surface area contributed by atoms with Crippen molar-refractivity contribution in [2.45, 2.75) is 30.9 Å². The molecule has 0 spiro atoms. The number of carbonyl (C=O) groups excluding carboxylic acids is 2. The second kappa shape index (κ2) is 8.77. The van der Waals surface area contributed by atoms with Gasteiger partial charge in [-0.2, -0.15) is 0 Å². The van der Waals surface area contributed by atoms with Crippen LogP contribution in [0.25, 0.3) is 11.1 Å². The van der Waals surface area contributed by atoms with E-state index in [9.17, 15) is 19.5 Å². The van der Waals surface area contributed by atoms with Crippen molar-refractivity contribution in [2.24, 2.45) is 0 Å². The van der Waals surface area contributed by atoms with Crippen LogP contribution in [0.15, 0.2) is 48.5 Å². The van der Waals surface area contributed by atoms with E-state index in [2.05, 4.69) is 17.4 Å². The van der Waals surface area contributed by atoms with Crippen molar-refractivity contribution in [1.29, 1.82) is 0 Å². The van der Waals surface area contributed by atoms with Crippen LogP contribution in [0, 0.1) is 0 Å². The lowest BCUT2D eigenvalue weighted by molar-refractivity contribution is -0.158. The standard InChI is InChI=1S/C23H24N2O6/c26-14(11-21(27)25-10-9-20(25)22(28)29)12-24-23(30)31-13-19-17-7-3-1-5-15(17)16-6-2-4-8-18(16)19/h1-8,14,19-20,26H,9-13H2,(H,24,30)(H,28,29). The minimum Gasteiger partial charge on any atom is -0.480 e. The van der Waals surface area contributed by atoms with Gasteiger partial charge in [-0.25, -0.2) is 9.59 Å². The molecule has 2 aromatic carbocycles. The first-order valence-electron chi connectivity index (χ1n) is 10.2. The molecule has 2 aromatic rings. The molecule has 162 valence electrons. The molecule has 1 fully saturated rings. The number of hydrogen-bond donors (Lipinski definition) is 3. The van der Waals surface area contributed by atoms with E-state index in [1.165, 1.54) is 4.90 Å². The van der Waals surface area contributed by atoms with Gasteiger partial charge in [-0.3, -0.25) is 4.79 Å². The Hall–Kier alpha value is -3.39. The smallest absolute Gasteiger partial charge is 0.407 e. The largest absolute Gasteiger partial charge is 0.480 e. The molecule has 8 nitrogen and oxygen atoms in total. The van der Waals surface area contributed by atoms with Crippen molar-refractivity contribution in [3.8, 4) is 11.1 Å². The van der Waals surface area contributed by atoms with Crippen LogP contribution in [0.4, 0.5) is 4.79 Å². The number of benzene rings is 2. The molecule has 1 heterocycles. The number of aliphatic hydroxyl groups excluding tert-OH is 1. The summed E-state index contributed by atoms with van der Waals surface area (Å²) in [5.41, 5.74) is 4.47. The Labute approximate surface area is 179 Å². The van der Waals surface area contributed by atoms with Gasteiger partial charge in [-0.15, -0.1) is 0 Å². The van der Waals surface area contributed by atoms with Crippen molar-refractivity contribution < 1.29 is 29.3 Å². The molecule has 0 bridgehead atoms. The Morgan fingerprint density at radius 3 is 2.23 bits per heavy atom. The zero-order valence-electron chi connectivity index (χ0n) is 16.9. The highest BCUT2D eigenvalue weighted by Crippen LogP contribution is 2.44. The van der Waals surface area contributed by atoms with Crippen LogP contribution >= 0.6 is 0 Å². The fraction of sp³-hybridized carbons (Fsp3) is 0.348. The topological polar surface area (TPSA) is 116 Å². The first kappa shape index (κ1) is 20.9. The van der Waals surface area contributed by atoms with E-state index in [0.29, 0.717) is 13.0 Å². The normalized spacial score (nSPS) is 17.8. The van der Waals surface area contributed by atoms with Crippen molar-refractivity contribution in [2.75, 3.05) is 19.7 Å². The molecular formula is C23H24N2O6. The average Bonchev–Trinajstić information content (AvgIpc) is 3.03. The van der Waals surface area contributed by atoms with Crippen LogP contribution in [-0.4, -0.2) is 64.9 Å². The minimum atomic E-state index is -1.12. The zero-order chi connectivity index (χ0) is 22.0. The number of rotatable bonds is 7. The van der Waals surface area contributed by atoms with Gasteiger partial charge in [0.1, 0.15) is 12.6 Å². The van der Waals surface area contributed by atoms with E-state index < -0.39 is 30.1 Å². The van der Waals surface area contributed by atoms with Gasteiger partial charge < -0.3 is 25.2 Å². The highest BCUT2D eigenvalue weighted by molar-refractivity contribution is 5.85. The molecule has 1 saturated heterocycles. The van der Waals surface area contributed by atoms with Gasteiger partial charge >= 0.3 is 12.1 Å². The first-order valence-corrected chi connectivity index (χ1v) is 10.2. The predicted octanol–water partition coefficient (Wildman–Crippen LogP) is 1.96. The fourth-order valence-corrected chi connectivity index (χ4v) is 4.18. The third-order valence-electron chi connectivity index (χ3n) is 5.86. The fourth-order valence-electron chi connectivity index (χ4n) is 4.18. The Bertz CT molecular complexity index is 962. The molecular weight excluding hydrogens is 400 g/mol. The molecule has 2 aliphatic rings.